The highest BCUT2D eigenvalue weighted by atomic mass is 14.5. The standard InChI is InChI=1S/C27H29N/c1-4-6-18-26-25(19-20-28)24(13-5-2)21(3)27(26,22-14-9-7-10-15-22)23-16-11-8-12-17-23/h4-5,7-19H,1,6,20,28H2,2-3H3/b13-5-,25-19-,26-18?. The molecule has 0 spiro atoms. The quantitative estimate of drug-likeness (QED) is 0.599. The molecule has 1 aliphatic carbocycles. The summed E-state index contributed by atoms with van der Waals surface area (Å²) in [5.41, 5.74) is 13.3. The number of hydrogen-bond donors (Lipinski definition) is 1. The van der Waals surface area contributed by atoms with Gasteiger partial charge in [0.15, 0.2) is 0 Å². The van der Waals surface area contributed by atoms with Crippen LogP contribution in [0.2, 0.25) is 0 Å². The molecule has 0 unspecified atom stereocenters. The lowest BCUT2D eigenvalue weighted by Crippen LogP contribution is -2.29. The Hall–Kier alpha value is -2.90. The smallest absolute Gasteiger partial charge is 0.0670 e. The molecule has 2 aromatic rings. The van der Waals surface area contributed by atoms with Gasteiger partial charge >= 0.3 is 0 Å². The summed E-state index contributed by atoms with van der Waals surface area (Å²) in [5, 5.41) is 0. The van der Waals surface area contributed by atoms with Gasteiger partial charge in [-0.05, 0) is 53.7 Å². The summed E-state index contributed by atoms with van der Waals surface area (Å²) in [6, 6.07) is 21.6. The van der Waals surface area contributed by atoms with Crippen LogP contribution >= 0.6 is 0 Å². The van der Waals surface area contributed by atoms with Gasteiger partial charge < -0.3 is 5.73 Å². The topological polar surface area (TPSA) is 26.0 Å². The van der Waals surface area contributed by atoms with Crippen LogP contribution in [0.25, 0.3) is 0 Å². The van der Waals surface area contributed by atoms with Crippen LogP contribution in [0.5, 0.6) is 0 Å². The predicted molar refractivity (Wildman–Crippen MR) is 121 cm³/mol. The van der Waals surface area contributed by atoms with E-state index in [1.165, 1.54) is 33.4 Å². The van der Waals surface area contributed by atoms with E-state index in [2.05, 4.69) is 105 Å². The predicted octanol–water partition coefficient (Wildman–Crippen LogP) is 6.27. The first kappa shape index (κ1) is 19.9. The van der Waals surface area contributed by atoms with Crippen molar-refractivity contribution in [3.63, 3.8) is 0 Å². The molecular weight excluding hydrogens is 338 g/mol. The van der Waals surface area contributed by atoms with Gasteiger partial charge in [-0.15, -0.1) is 6.58 Å². The molecule has 1 aliphatic rings. The van der Waals surface area contributed by atoms with E-state index in [4.69, 9.17) is 5.73 Å². The fourth-order valence-corrected chi connectivity index (χ4v) is 4.42. The van der Waals surface area contributed by atoms with Gasteiger partial charge in [-0.25, -0.2) is 0 Å². The Morgan fingerprint density at radius 1 is 0.929 bits per heavy atom. The molecule has 0 heterocycles. The van der Waals surface area contributed by atoms with Crippen molar-refractivity contribution in [2.75, 3.05) is 6.54 Å². The summed E-state index contributed by atoms with van der Waals surface area (Å²) < 4.78 is 0. The number of nitrogens with two attached hydrogens (primary N) is 1. The third kappa shape index (κ3) is 3.23. The molecule has 142 valence electrons. The van der Waals surface area contributed by atoms with Crippen LogP contribution in [0.4, 0.5) is 0 Å². The van der Waals surface area contributed by atoms with Gasteiger partial charge in [0.25, 0.3) is 0 Å². The lowest BCUT2D eigenvalue weighted by molar-refractivity contribution is 0.736. The summed E-state index contributed by atoms with van der Waals surface area (Å²) in [6.45, 7) is 8.78. The van der Waals surface area contributed by atoms with Gasteiger partial charge in [0.05, 0.1) is 5.41 Å². The fourth-order valence-electron chi connectivity index (χ4n) is 4.42. The Kier molecular flexibility index (Phi) is 6.28. The molecule has 0 aromatic heterocycles. The third-order valence-corrected chi connectivity index (χ3v) is 5.51. The minimum Gasteiger partial charge on any atom is -0.327 e. The van der Waals surface area contributed by atoms with Gasteiger partial charge in [-0.1, -0.05) is 91.0 Å². The van der Waals surface area contributed by atoms with Crippen molar-refractivity contribution < 1.29 is 0 Å². The second-order valence-corrected chi connectivity index (χ2v) is 7.02. The van der Waals surface area contributed by atoms with Gasteiger partial charge in [0.1, 0.15) is 0 Å². The fraction of sp³-hybridized carbons (Fsp3) is 0.185. The van der Waals surface area contributed by atoms with Gasteiger partial charge in [-0.3, -0.25) is 0 Å². The normalized spacial score (nSPS) is 19.1. The number of benzene rings is 2. The lowest BCUT2D eigenvalue weighted by Gasteiger charge is -2.35. The van der Waals surface area contributed by atoms with Crippen LogP contribution in [0.1, 0.15) is 31.4 Å². The molecule has 0 saturated carbocycles. The van der Waals surface area contributed by atoms with E-state index >= 15 is 0 Å². The number of hydrogen-bond acceptors (Lipinski definition) is 1. The Bertz CT molecular complexity index is 901. The maximum absolute atomic E-state index is 6.00. The van der Waals surface area contributed by atoms with Crippen molar-refractivity contribution in [2.24, 2.45) is 5.73 Å². The van der Waals surface area contributed by atoms with Crippen LogP contribution < -0.4 is 5.73 Å². The van der Waals surface area contributed by atoms with Crippen molar-refractivity contribution in [2.45, 2.75) is 25.7 Å². The Balaban J connectivity index is 2.47. The van der Waals surface area contributed by atoms with Crippen LogP contribution in [0.15, 0.2) is 120 Å². The summed E-state index contributed by atoms with van der Waals surface area (Å²) in [5.74, 6) is 0. The second kappa shape index (κ2) is 8.86. The Labute approximate surface area is 169 Å². The zero-order chi connectivity index (χ0) is 20.0. The summed E-state index contributed by atoms with van der Waals surface area (Å²) in [6.07, 6.45) is 11.6. The first-order chi connectivity index (χ1) is 13.7. The molecule has 1 nitrogen and oxygen atoms in total. The van der Waals surface area contributed by atoms with Crippen molar-refractivity contribution >= 4 is 0 Å². The zero-order valence-electron chi connectivity index (χ0n) is 16.9. The van der Waals surface area contributed by atoms with E-state index in [9.17, 15) is 0 Å². The average Bonchev–Trinajstić information content (AvgIpc) is 2.97. The number of rotatable bonds is 6. The maximum Gasteiger partial charge on any atom is 0.0670 e. The molecule has 3 rings (SSSR count). The van der Waals surface area contributed by atoms with Crippen LogP contribution in [-0.4, -0.2) is 6.54 Å². The summed E-state index contributed by atoms with van der Waals surface area (Å²) in [4.78, 5) is 0. The molecule has 1 heteroatoms. The molecule has 2 aromatic carbocycles. The molecule has 0 atom stereocenters. The molecule has 0 fully saturated rings. The van der Waals surface area contributed by atoms with E-state index < -0.39 is 0 Å². The van der Waals surface area contributed by atoms with E-state index in [0.717, 1.165) is 6.42 Å². The van der Waals surface area contributed by atoms with Crippen molar-refractivity contribution in [3.8, 4) is 0 Å². The molecule has 0 bridgehead atoms. The monoisotopic (exact) mass is 367 g/mol. The van der Waals surface area contributed by atoms with E-state index in [-0.39, 0.29) is 5.41 Å². The molecule has 28 heavy (non-hydrogen) atoms. The second-order valence-electron chi connectivity index (χ2n) is 7.02. The number of allylic oxidation sites excluding steroid dienone is 8. The lowest BCUT2D eigenvalue weighted by atomic mass is 9.66. The average molecular weight is 368 g/mol. The third-order valence-electron chi connectivity index (χ3n) is 5.51. The largest absolute Gasteiger partial charge is 0.327 e. The molecule has 0 saturated heterocycles. The van der Waals surface area contributed by atoms with Crippen molar-refractivity contribution in [1.82, 2.24) is 0 Å². The first-order valence-corrected chi connectivity index (χ1v) is 9.89. The van der Waals surface area contributed by atoms with Crippen molar-refractivity contribution in [1.29, 1.82) is 0 Å². The molecule has 0 amide bonds. The van der Waals surface area contributed by atoms with Gasteiger partial charge in [0, 0.05) is 6.54 Å². The molecule has 0 radical (unpaired) electrons. The van der Waals surface area contributed by atoms with E-state index in [1.807, 2.05) is 6.08 Å². The van der Waals surface area contributed by atoms with Crippen LogP contribution in [0, 0.1) is 0 Å². The van der Waals surface area contributed by atoms with Crippen LogP contribution in [-0.2, 0) is 5.41 Å². The summed E-state index contributed by atoms with van der Waals surface area (Å²) in [7, 11) is 0. The van der Waals surface area contributed by atoms with Gasteiger partial charge in [-0.2, -0.15) is 0 Å². The van der Waals surface area contributed by atoms with E-state index in [1.54, 1.807) is 0 Å². The maximum atomic E-state index is 6.00. The van der Waals surface area contributed by atoms with E-state index in [0.29, 0.717) is 6.54 Å². The van der Waals surface area contributed by atoms with Crippen molar-refractivity contribution in [3.05, 3.63) is 131 Å². The zero-order valence-corrected chi connectivity index (χ0v) is 16.9. The minimum absolute atomic E-state index is 0.332. The Morgan fingerprint density at radius 3 is 1.96 bits per heavy atom. The first-order valence-electron chi connectivity index (χ1n) is 9.89. The Morgan fingerprint density at radius 2 is 1.50 bits per heavy atom. The SMILES string of the molecule is C=CCC=C1/C(=C\CN)C(/C=C\C)=C(C)C1(c1ccccc1)c1ccccc1. The van der Waals surface area contributed by atoms with Crippen LogP contribution in [0.3, 0.4) is 0 Å². The highest BCUT2D eigenvalue weighted by Crippen LogP contribution is 2.56. The molecule has 2 N–H and O–H groups in total. The highest BCUT2D eigenvalue weighted by molar-refractivity contribution is 5.75. The highest BCUT2D eigenvalue weighted by Gasteiger charge is 2.46. The van der Waals surface area contributed by atoms with Gasteiger partial charge in [0.2, 0.25) is 0 Å². The molecule has 0 aliphatic heterocycles. The molecular formula is C27H29N. The minimum atomic E-state index is -0.332. The summed E-state index contributed by atoms with van der Waals surface area (Å²) >= 11 is 0.